The molecule has 1 aliphatic heterocycles. The highest BCUT2D eigenvalue weighted by molar-refractivity contribution is 5.84. The highest BCUT2D eigenvalue weighted by atomic mass is 16.5. The summed E-state index contributed by atoms with van der Waals surface area (Å²) in [7, 11) is 0. The normalized spacial score (nSPS) is 18.3. The van der Waals surface area contributed by atoms with Crippen LogP contribution in [0.4, 0.5) is 5.95 Å². The molecule has 8 heteroatoms. The van der Waals surface area contributed by atoms with Gasteiger partial charge in [-0.1, -0.05) is 30.2 Å². The number of aromatic nitrogens is 4. The van der Waals surface area contributed by atoms with Gasteiger partial charge in [0.2, 0.25) is 11.9 Å². The molecular weight excluding hydrogens is 308 g/mol. The minimum Gasteiger partial charge on any atom is -0.376 e. The van der Waals surface area contributed by atoms with E-state index in [0.717, 1.165) is 25.1 Å². The van der Waals surface area contributed by atoms with Crippen molar-refractivity contribution in [3.05, 3.63) is 30.3 Å². The first kappa shape index (κ1) is 16.4. The third kappa shape index (κ3) is 3.88. The van der Waals surface area contributed by atoms with Crippen LogP contribution >= 0.6 is 0 Å². The Balaban J connectivity index is 1.63. The molecule has 0 spiro atoms. The van der Waals surface area contributed by atoms with Crippen LogP contribution in [0.25, 0.3) is 5.69 Å². The lowest BCUT2D eigenvalue weighted by molar-refractivity contribution is -0.122. The lowest BCUT2D eigenvalue weighted by Gasteiger charge is -2.18. The average molecular weight is 330 g/mol. The molecule has 1 fully saturated rings. The zero-order valence-corrected chi connectivity index (χ0v) is 13.7. The van der Waals surface area contributed by atoms with E-state index in [2.05, 4.69) is 26.2 Å². The van der Waals surface area contributed by atoms with Gasteiger partial charge in [-0.15, -0.1) is 0 Å². The molecule has 3 rings (SSSR count). The number of carbonyl (C=O) groups is 1. The monoisotopic (exact) mass is 330 g/mol. The molecule has 1 aromatic carbocycles. The number of amides is 1. The minimum absolute atomic E-state index is 0.0735. The van der Waals surface area contributed by atoms with E-state index < -0.39 is 6.04 Å². The van der Waals surface area contributed by atoms with Crippen LogP contribution in [0.15, 0.2) is 30.3 Å². The van der Waals surface area contributed by atoms with Gasteiger partial charge >= 0.3 is 0 Å². The van der Waals surface area contributed by atoms with E-state index >= 15 is 0 Å². The first-order valence-electron chi connectivity index (χ1n) is 8.27. The zero-order valence-electron chi connectivity index (χ0n) is 13.7. The third-order valence-corrected chi connectivity index (χ3v) is 4.03. The quantitative estimate of drug-likeness (QED) is 0.791. The number of nitrogens with one attached hydrogen (secondary N) is 2. The first-order valence-corrected chi connectivity index (χ1v) is 8.27. The number of hydrogen-bond donors (Lipinski definition) is 2. The van der Waals surface area contributed by atoms with Gasteiger partial charge in [-0.25, -0.2) is 0 Å². The second kappa shape index (κ2) is 7.87. The SMILES string of the molecule is CC[C@@H](Nc1nnnn1-c1ccccc1)C(=O)NC[C@H]1CCCO1. The van der Waals surface area contributed by atoms with E-state index in [1.165, 1.54) is 0 Å². The van der Waals surface area contributed by atoms with Gasteiger partial charge < -0.3 is 15.4 Å². The van der Waals surface area contributed by atoms with E-state index in [4.69, 9.17) is 4.74 Å². The number of anilines is 1. The van der Waals surface area contributed by atoms with Gasteiger partial charge in [-0.3, -0.25) is 4.79 Å². The van der Waals surface area contributed by atoms with E-state index in [1.807, 2.05) is 37.3 Å². The van der Waals surface area contributed by atoms with Gasteiger partial charge in [0.15, 0.2) is 0 Å². The molecule has 8 nitrogen and oxygen atoms in total. The summed E-state index contributed by atoms with van der Waals surface area (Å²) in [6.07, 6.45) is 2.80. The lowest BCUT2D eigenvalue weighted by Crippen LogP contribution is -2.42. The van der Waals surface area contributed by atoms with Crippen LogP contribution in [0.3, 0.4) is 0 Å². The summed E-state index contributed by atoms with van der Waals surface area (Å²) in [5.41, 5.74) is 0.833. The van der Waals surface area contributed by atoms with E-state index in [0.29, 0.717) is 18.9 Å². The van der Waals surface area contributed by atoms with E-state index in [9.17, 15) is 4.79 Å². The average Bonchev–Trinajstić information content (AvgIpc) is 3.30. The molecule has 1 amide bonds. The topological polar surface area (TPSA) is 94.0 Å². The molecule has 2 atom stereocenters. The Kier molecular flexibility index (Phi) is 5.37. The highest BCUT2D eigenvalue weighted by Gasteiger charge is 2.22. The van der Waals surface area contributed by atoms with Crippen LogP contribution in [0, 0.1) is 0 Å². The first-order chi connectivity index (χ1) is 11.8. The Morgan fingerprint density at radius 3 is 2.96 bits per heavy atom. The van der Waals surface area contributed by atoms with Crippen LogP contribution in [0.2, 0.25) is 0 Å². The minimum atomic E-state index is -0.403. The van der Waals surface area contributed by atoms with Crippen LogP contribution < -0.4 is 10.6 Å². The van der Waals surface area contributed by atoms with Crippen molar-refractivity contribution in [1.82, 2.24) is 25.5 Å². The van der Waals surface area contributed by atoms with E-state index in [1.54, 1.807) is 4.68 Å². The summed E-state index contributed by atoms with van der Waals surface area (Å²) in [6, 6.07) is 9.15. The maximum atomic E-state index is 12.4. The Hall–Kier alpha value is -2.48. The maximum Gasteiger partial charge on any atom is 0.248 e. The number of hydrogen-bond acceptors (Lipinski definition) is 6. The number of nitrogens with zero attached hydrogens (tertiary/aromatic N) is 4. The van der Waals surface area contributed by atoms with Crippen LogP contribution in [0.1, 0.15) is 26.2 Å². The van der Waals surface area contributed by atoms with Gasteiger partial charge in [-0.2, -0.15) is 4.68 Å². The molecule has 128 valence electrons. The van der Waals surface area contributed by atoms with Crippen molar-refractivity contribution in [2.24, 2.45) is 0 Å². The van der Waals surface area contributed by atoms with E-state index in [-0.39, 0.29) is 12.0 Å². The number of tetrazole rings is 1. The molecule has 2 heterocycles. The molecule has 0 saturated carbocycles. The molecule has 0 unspecified atom stereocenters. The molecule has 0 radical (unpaired) electrons. The smallest absolute Gasteiger partial charge is 0.248 e. The molecule has 0 bridgehead atoms. The predicted octanol–water partition coefficient (Wildman–Crippen LogP) is 1.15. The second-order valence-corrected chi connectivity index (χ2v) is 5.74. The van der Waals surface area contributed by atoms with Crippen LogP contribution in [0.5, 0.6) is 0 Å². The van der Waals surface area contributed by atoms with Crippen molar-refractivity contribution in [2.75, 3.05) is 18.5 Å². The fraction of sp³-hybridized carbons (Fsp3) is 0.500. The van der Waals surface area contributed by atoms with Crippen molar-refractivity contribution in [3.63, 3.8) is 0 Å². The van der Waals surface area contributed by atoms with Gasteiger partial charge in [0.1, 0.15) is 6.04 Å². The molecule has 2 aromatic rings. The standard InChI is InChI=1S/C16H22N6O2/c1-2-14(15(23)17-11-13-9-6-10-24-13)18-16-19-20-21-22(16)12-7-4-3-5-8-12/h3-5,7-8,13-14H,2,6,9-11H2,1H3,(H,17,23)(H,18,19,21)/t13-,14-/m1/s1. The molecule has 1 saturated heterocycles. The fourth-order valence-corrected chi connectivity index (χ4v) is 2.67. The Labute approximate surface area is 140 Å². The zero-order chi connectivity index (χ0) is 16.8. The lowest BCUT2D eigenvalue weighted by atomic mass is 10.2. The summed E-state index contributed by atoms with van der Waals surface area (Å²) < 4.78 is 7.11. The molecule has 1 aromatic heterocycles. The summed E-state index contributed by atoms with van der Waals surface area (Å²) in [5.74, 6) is 0.371. The Morgan fingerprint density at radius 1 is 1.42 bits per heavy atom. The second-order valence-electron chi connectivity index (χ2n) is 5.74. The molecule has 24 heavy (non-hydrogen) atoms. The number of para-hydroxylation sites is 1. The number of rotatable bonds is 7. The van der Waals surface area contributed by atoms with Crippen LogP contribution in [-0.4, -0.2) is 51.4 Å². The van der Waals surface area contributed by atoms with Crippen molar-refractivity contribution in [3.8, 4) is 5.69 Å². The van der Waals surface area contributed by atoms with Crippen LogP contribution in [-0.2, 0) is 9.53 Å². The number of carbonyl (C=O) groups excluding carboxylic acids is 1. The predicted molar refractivity (Wildman–Crippen MR) is 88.8 cm³/mol. The Bertz CT molecular complexity index is 654. The maximum absolute atomic E-state index is 12.4. The van der Waals surface area contributed by atoms with Gasteiger partial charge in [0.05, 0.1) is 11.8 Å². The summed E-state index contributed by atoms with van der Waals surface area (Å²) in [5, 5.41) is 17.7. The van der Waals surface area contributed by atoms with Crippen molar-refractivity contribution in [2.45, 2.75) is 38.3 Å². The molecule has 0 aliphatic carbocycles. The molecule has 1 aliphatic rings. The molecule has 2 N–H and O–H groups in total. The van der Waals surface area contributed by atoms with Gasteiger partial charge in [-0.05, 0) is 41.8 Å². The largest absolute Gasteiger partial charge is 0.376 e. The Morgan fingerprint density at radius 2 is 2.25 bits per heavy atom. The fourth-order valence-electron chi connectivity index (χ4n) is 2.67. The number of ether oxygens (including phenoxy) is 1. The van der Waals surface area contributed by atoms with Gasteiger partial charge in [0, 0.05) is 13.2 Å². The summed E-state index contributed by atoms with van der Waals surface area (Å²) >= 11 is 0. The summed E-state index contributed by atoms with van der Waals surface area (Å²) in [4.78, 5) is 12.4. The van der Waals surface area contributed by atoms with Gasteiger partial charge in [0.25, 0.3) is 0 Å². The molecular formula is C16H22N6O2. The van der Waals surface area contributed by atoms with Crippen molar-refractivity contribution in [1.29, 1.82) is 0 Å². The summed E-state index contributed by atoms with van der Waals surface area (Å²) in [6.45, 7) is 3.27. The van der Waals surface area contributed by atoms with Crippen molar-refractivity contribution < 1.29 is 9.53 Å². The highest BCUT2D eigenvalue weighted by Crippen LogP contribution is 2.13. The van der Waals surface area contributed by atoms with Crippen molar-refractivity contribution >= 4 is 11.9 Å². The number of benzene rings is 1. The third-order valence-electron chi connectivity index (χ3n) is 4.03.